The van der Waals surface area contributed by atoms with E-state index in [0.29, 0.717) is 4.47 Å². The minimum atomic E-state index is -1.30. The van der Waals surface area contributed by atoms with Crippen molar-refractivity contribution in [2.24, 2.45) is 5.92 Å². The lowest BCUT2D eigenvalue weighted by Crippen LogP contribution is -2.22. The summed E-state index contributed by atoms with van der Waals surface area (Å²) in [5.41, 5.74) is -0.451. The van der Waals surface area contributed by atoms with Gasteiger partial charge in [-0.2, -0.15) is 0 Å². The number of Topliss-reactive ketones (excluding diaryl/α,β-unsaturated/α-hetero) is 1. The van der Waals surface area contributed by atoms with Crippen LogP contribution in [0.25, 0.3) is 0 Å². The number of hydrogen-bond donors (Lipinski definition) is 1. The van der Waals surface area contributed by atoms with Crippen molar-refractivity contribution >= 4 is 27.7 Å². The molecule has 1 heterocycles. The van der Waals surface area contributed by atoms with Crippen LogP contribution in [-0.4, -0.2) is 21.8 Å². The number of halogens is 2. The van der Waals surface area contributed by atoms with Gasteiger partial charge in [0.2, 0.25) is 0 Å². The molecule has 0 bridgehead atoms. The second-order valence-electron chi connectivity index (χ2n) is 2.91. The molecule has 1 aromatic rings. The number of hydrogen-bond acceptors (Lipinski definition) is 3. The average molecular weight is 276 g/mol. The fraction of sp³-hybridized carbons (Fsp3) is 0.222. The molecule has 1 aromatic heterocycles. The number of carbonyl (C=O) groups excluding carboxylic acids is 1. The third kappa shape index (κ3) is 2.59. The fourth-order valence-corrected chi connectivity index (χ4v) is 1.22. The first-order valence-corrected chi connectivity index (χ1v) is 4.81. The van der Waals surface area contributed by atoms with Crippen molar-refractivity contribution in [1.29, 1.82) is 0 Å². The first-order valence-electron chi connectivity index (χ1n) is 4.01. The molecule has 0 amide bonds. The van der Waals surface area contributed by atoms with Crippen molar-refractivity contribution < 1.29 is 19.1 Å². The summed E-state index contributed by atoms with van der Waals surface area (Å²) in [5, 5.41) is 8.58. The maximum atomic E-state index is 13.2. The molecule has 1 atom stereocenters. The Hall–Kier alpha value is -1.30. The molecule has 0 saturated heterocycles. The molecule has 0 saturated carbocycles. The van der Waals surface area contributed by atoms with E-state index in [0.717, 1.165) is 6.07 Å². The SMILES string of the molecule is CC(C(=O)O)C(=O)c1ncc(Br)cc1F. The Morgan fingerprint density at radius 3 is 2.67 bits per heavy atom. The van der Waals surface area contributed by atoms with Crippen LogP contribution in [0.2, 0.25) is 0 Å². The zero-order valence-corrected chi connectivity index (χ0v) is 9.28. The number of nitrogens with zero attached hydrogens (tertiary/aromatic N) is 1. The van der Waals surface area contributed by atoms with Crippen molar-refractivity contribution in [3.8, 4) is 0 Å². The van der Waals surface area contributed by atoms with E-state index in [-0.39, 0.29) is 0 Å². The molecular formula is C9H7BrFNO3. The number of carbonyl (C=O) groups is 2. The molecule has 0 fully saturated rings. The van der Waals surface area contributed by atoms with E-state index < -0.39 is 29.2 Å². The second-order valence-corrected chi connectivity index (χ2v) is 3.82. The lowest BCUT2D eigenvalue weighted by Gasteiger charge is -2.05. The topological polar surface area (TPSA) is 67.3 Å². The zero-order valence-electron chi connectivity index (χ0n) is 7.70. The van der Waals surface area contributed by atoms with Gasteiger partial charge in [-0.3, -0.25) is 9.59 Å². The van der Waals surface area contributed by atoms with Gasteiger partial charge in [-0.1, -0.05) is 0 Å². The summed E-state index contributed by atoms with van der Waals surface area (Å²) in [6.45, 7) is 1.19. The smallest absolute Gasteiger partial charge is 0.314 e. The summed E-state index contributed by atoms with van der Waals surface area (Å²) in [5.74, 6) is -4.27. The molecule has 0 aromatic carbocycles. The molecule has 0 aliphatic carbocycles. The number of ketones is 1. The van der Waals surface area contributed by atoms with Crippen LogP contribution in [-0.2, 0) is 4.79 Å². The Labute approximate surface area is 93.3 Å². The van der Waals surface area contributed by atoms with Crippen LogP contribution in [0.4, 0.5) is 4.39 Å². The van der Waals surface area contributed by atoms with Gasteiger partial charge in [0, 0.05) is 10.7 Å². The summed E-state index contributed by atoms with van der Waals surface area (Å²) in [7, 11) is 0. The van der Waals surface area contributed by atoms with E-state index in [4.69, 9.17) is 5.11 Å². The zero-order chi connectivity index (χ0) is 11.6. The molecular weight excluding hydrogens is 269 g/mol. The van der Waals surface area contributed by atoms with Crippen LogP contribution in [0.1, 0.15) is 17.4 Å². The van der Waals surface area contributed by atoms with E-state index >= 15 is 0 Å². The van der Waals surface area contributed by atoms with Gasteiger partial charge in [0.05, 0.1) is 0 Å². The largest absolute Gasteiger partial charge is 0.481 e. The standard InChI is InChI=1S/C9H7BrFNO3/c1-4(9(14)15)8(13)7-6(11)2-5(10)3-12-7/h2-4H,1H3,(H,14,15). The van der Waals surface area contributed by atoms with Crippen molar-refractivity contribution in [3.05, 3.63) is 28.2 Å². The molecule has 0 radical (unpaired) electrons. The monoisotopic (exact) mass is 275 g/mol. The van der Waals surface area contributed by atoms with Gasteiger partial charge in [0.1, 0.15) is 11.6 Å². The summed E-state index contributed by atoms with van der Waals surface area (Å²) in [6, 6.07) is 1.06. The minimum Gasteiger partial charge on any atom is -0.481 e. The van der Waals surface area contributed by atoms with E-state index in [9.17, 15) is 14.0 Å². The maximum absolute atomic E-state index is 13.2. The Morgan fingerprint density at radius 1 is 1.60 bits per heavy atom. The number of carboxylic acid groups (broad SMARTS) is 1. The number of aliphatic carboxylic acids is 1. The highest BCUT2D eigenvalue weighted by atomic mass is 79.9. The molecule has 80 valence electrons. The highest BCUT2D eigenvalue weighted by Gasteiger charge is 2.25. The Kier molecular flexibility index (Phi) is 3.52. The van der Waals surface area contributed by atoms with Crippen LogP contribution in [0, 0.1) is 11.7 Å². The van der Waals surface area contributed by atoms with Crippen LogP contribution in [0.15, 0.2) is 16.7 Å². The van der Waals surface area contributed by atoms with Crippen LogP contribution >= 0.6 is 15.9 Å². The molecule has 0 spiro atoms. The first kappa shape index (κ1) is 11.8. The van der Waals surface area contributed by atoms with E-state index in [1.54, 1.807) is 0 Å². The number of carboxylic acids is 1. The predicted molar refractivity (Wildman–Crippen MR) is 53.0 cm³/mol. The lowest BCUT2D eigenvalue weighted by atomic mass is 10.0. The van der Waals surface area contributed by atoms with Gasteiger partial charge in [-0.15, -0.1) is 0 Å². The maximum Gasteiger partial charge on any atom is 0.314 e. The van der Waals surface area contributed by atoms with Crippen molar-refractivity contribution in [1.82, 2.24) is 4.98 Å². The highest BCUT2D eigenvalue weighted by Crippen LogP contribution is 2.15. The average Bonchev–Trinajstić information content (AvgIpc) is 2.15. The number of aromatic nitrogens is 1. The van der Waals surface area contributed by atoms with Gasteiger partial charge in [0.15, 0.2) is 11.6 Å². The van der Waals surface area contributed by atoms with Crippen molar-refractivity contribution in [2.75, 3.05) is 0 Å². The molecule has 1 unspecified atom stereocenters. The van der Waals surface area contributed by atoms with Crippen LogP contribution < -0.4 is 0 Å². The highest BCUT2D eigenvalue weighted by molar-refractivity contribution is 9.10. The predicted octanol–water partition coefficient (Wildman–Crippen LogP) is 1.89. The third-order valence-corrected chi connectivity index (χ3v) is 2.24. The third-order valence-electron chi connectivity index (χ3n) is 1.80. The molecule has 0 aliphatic rings. The van der Waals surface area contributed by atoms with Gasteiger partial charge in [-0.05, 0) is 28.9 Å². The van der Waals surface area contributed by atoms with E-state index in [1.807, 2.05) is 0 Å². The molecule has 15 heavy (non-hydrogen) atoms. The number of pyridine rings is 1. The molecule has 1 rings (SSSR count). The van der Waals surface area contributed by atoms with Gasteiger partial charge in [-0.25, -0.2) is 9.37 Å². The second kappa shape index (κ2) is 4.48. The van der Waals surface area contributed by atoms with Gasteiger partial charge < -0.3 is 5.11 Å². The Balaban J connectivity index is 3.07. The fourth-order valence-electron chi connectivity index (χ4n) is 0.913. The summed E-state index contributed by atoms with van der Waals surface area (Å²) >= 11 is 2.98. The minimum absolute atomic E-state index is 0.388. The Bertz CT molecular complexity index is 422. The molecule has 4 nitrogen and oxygen atoms in total. The molecule has 6 heteroatoms. The van der Waals surface area contributed by atoms with Gasteiger partial charge in [0.25, 0.3) is 0 Å². The van der Waals surface area contributed by atoms with E-state index in [2.05, 4.69) is 20.9 Å². The molecule has 1 N–H and O–H groups in total. The van der Waals surface area contributed by atoms with Crippen LogP contribution in [0.3, 0.4) is 0 Å². The normalized spacial score (nSPS) is 12.2. The van der Waals surface area contributed by atoms with Gasteiger partial charge >= 0.3 is 5.97 Å². The van der Waals surface area contributed by atoms with E-state index in [1.165, 1.54) is 13.1 Å². The Morgan fingerprint density at radius 2 is 2.20 bits per heavy atom. The van der Waals surface area contributed by atoms with Crippen molar-refractivity contribution in [2.45, 2.75) is 6.92 Å². The quantitative estimate of drug-likeness (QED) is 0.676. The summed E-state index contributed by atoms with van der Waals surface area (Å²) in [6.07, 6.45) is 1.24. The number of rotatable bonds is 3. The molecule has 0 aliphatic heterocycles. The lowest BCUT2D eigenvalue weighted by molar-refractivity contribution is -0.139. The summed E-state index contributed by atoms with van der Waals surface area (Å²) < 4.78 is 13.6. The van der Waals surface area contributed by atoms with Crippen molar-refractivity contribution in [3.63, 3.8) is 0 Å². The first-order chi connectivity index (χ1) is 6.93. The van der Waals surface area contributed by atoms with Crippen LogP contribution in [0.5, 0.6) is 0 Å². The summed E-state index contributed by atoms with van der Waals surface area (Å²) in [4.78, 5) is 25.5.